The molecule has 2 aromatic carbocycles. The fourth-order valence-electron chi connectivity index (χ4n) is 3.33. The van der Waals surface area contributed by atoms with Gasteiger partial charge >= 0.3 is 0 Å². The lowest BCUT2D eigenvalue weighted by Gasteiger charge is -2.46. The molecule has 5 atom stereocenters. The van der Waals surface area contributed by atoms with Gasteiger partial charge in [0.1, 0.15) is 12.2 Å². The maximum absolute atomic E-state index is 9.44. The summed E-state index contributed by atoms with van der Waals surface area (Å²) in [6, 6.07) is 19.6. The SMILES string of the molecule is CC.CC.OCCC1OC(c2ccccc2)OC2COC(c3ccccc3)OC12. The summed E-state index contributed by atoms with van der Waals surface area (Å²) in [6.45, 7) is 8.47. The molecule has 0 amide bonds. The van der Waals surface area contributed by atoms with Crippen molar-refractivity contribution in [3.63, 3.8) is 0 Å². The Bertz CT molecular complexity index is 663. The second-order valence-corrected chi connectivity index (χ2v) is 6.28. The van der Waals surface area contributed by atoms with Gasteiger partial charge in [-0.2, -0.15) is 0 Å². The third-order valence-corrected chi connectivity index (χ3v) is 4.58. The summed E-state index contributed by atoms with van der Waals surface area (Å²) in [7, 11) is 0. The van der Waals surface area contributed by atoms with Crippen LogP contribution in [0.5, 0.6) is 0 Å². The summed E-state index contributed by atoms with van der Waals surface area (Å²) in [5, 5.41) is 9.44. The third-order valence-electron chi connectivity index (χ3n) is 4.58. The van der Waals surface area contributed by atoms with E-state index in [0.717, 1.165) is 11.1 Å². The Morgan fingerprint density at radius 3 is 1.86 bits per heavy atom. The van der Waals surface area contributed by atoms with Crippen molar-refractivity contribution in [1.29, 1.82) is 0 Å². The van der Waals surface area contributed by atoms with Gasteiger partial charge in [-0.1, -0.05) is 88.4 Å². The number of hydrogen-bond donors (Lipinski definition) is 1. The highest BCUT2D eigenvalue weighted by Crippen LogP contribution is 2.38. The van der Waals surface area contributed by atoms with Crippen LogP contribution in [-0.2, 0) is 18.9 Å². The summed E-state index contributed by atoms with van der Waals surface area (Å²) in [5.74, 6) is 0. The predicted molar refractivity (Wildman–Crippen MR) is 113 cm³/mol. The number of hydrogen-bond acceptors (Lipinski definition) is 5. The molecule has 0 radical (unpaired) electrons. The fraction of sp³-hybridized carbons (Fsp3) is 0.500. The molecular weight excluding hydrogens is 368 g/mol. The van der Waals surface area contributed by atoms with Gasteiger partial charge in [0.2, 0.25) is 0 Å². The number of benzene rings is 2. The van der Waals surface area contributed by atoms with Crippen molar-refractivity contribution >= 4 is 0 Å². The summed E-state index contributed by atoms with van der Waals surface area (Å²) >= 11 is 0. The van der Waals surface area contributed by atoms with Gasteiger partial charge in [0.05, 0.1) is 12.7 Å². The minimum Gasteiger partial charge on any atom is -0.396 e. The molecule has 160 valence electrons. The van der Waals surface area contributed by atoms with E-state index >= 15 is 0 Å². The van der Waals surface area contributed by atoms with Crippen LogP contribution in [0.2, 0.25) is 0 Å². The van der Waals surface area contributed by atoms with Crippen molar-refractivity contribution in [1.82, 2.24) is 0 Å². The lowest BCUT2D eigenvalue weighted by molar-refractivity contribution is -0.364. The minimum atomic E-state index is -0.473. The smallest absolute Gasteiger partial charge is 0.184 e. The Labute approximate surface area is 174 Å². The molecule has 0 aromatic heterocycles. The van der Waals surface area contributed by atoms with E-state index in [1.54, 1.807) is 0 Å². The molecule has 0 spiro atoms. The topological polar surface area (TPSA) is 57.2 Å². The number of aliphatic hydroxyl groups excluding tert-OH is 1. The molecule has 2 aromatic rings. The van der Waals surface area contributed by atoms with Crippen molar-refractivity contribution < 1.29 is 24.1 Å². The average Bonchev–Trinajstić information content (AvgIpc) is 2.82. The van der Waals surface area contributed by atoms with Crippen molar-refractivity contribution in [2.24, 2.45) is 0 Å². The maximum Gasteiger partial charge on any atom is 0.184 e. The van der Waals surface area contributed by atoms with Gasteiger partial charge in [-0.25, -0.2) is 0 Å². The third kappa shape index (κ3) is 6.11. The Hall–Kier alpha value is -1.76. The summed E-state index contributed by atoms with van der Waals surface area (Å²) in [6.07, 6.45) is -1.16. The van der Waals surface area contributed by atoms with Gasteiger partial charge in [0.15, 0.2) is 12.6 Å². The predicted octanol–water partition coefficient (Wildman–Crippen LogP) is 5.02. The molecule has 2 saturated heterocycles. The van der Waals surface area contributed by atoms with Crippen LogP contribution < -0.4 is 0 Å². The zero-order valence-corrected chi connectivity index (χ0v) is 17.9. The maximum atomic E-state index is 9.44. The van der Waals surface area contributed by atoms with Crippen molar-refractivity contribution in [3.8, 4) is 0 Å². The normalized spacial score (nSPS) is 28.1. The van der Waals surface area contributed by atoms with Crippen LogP contribution in [0.4, 0.5) is 0 Å². The highest BCUT2D eigenvalue weighted by Gasteiger charge is 2.45. The number of aliphatic hydroxyl groups is 1. The zero-order valence-electron chi connectivity index (χ0n) is 17.9. The van der Waals surface area contributed by atoms with E-state index in [2.05, 4.69) is 0 Å². The number of rotatable bonds is 4. The van der Waals surface area contributed by atoms with Crippen molar-refractivity contribution in [3.05, 3.63) is 71.8 Å². The first-order valence-corrected chi connectivity index (χ1v) is 10.6. The first-order chi connectivity index (χ1) is 14.3. The van der Waals surface area contributed by atoms with Crippen LogP contribution >= 0.6 is 0 Å². The van der Waals surface area contributed by atoms with Crippen LogP contribution in [0, 0.1) is 0 Å². The highest BCUT2D eigenvalue weighted by atomic mass is 16.8. The zero-order chi connectivity index (χ0) is 21.1. The second kappa shape index (κ2) is 12.7. The van der Waals surface area contributed by atoms with Crippen LogP contribution in [0.3, 0.4) is 0 Å². The Morgan fingerprint density at radius 2 is 1.31 bits per heavy atom. The quantitative estimate of drug-likeness (QED) is 0.778. The van der Waals surface area contributed by atoms with Crippen molar-refractivity contribution in [2.45, 2.75) is 65.0 Å². The molecule has 5 nitrogen and oxygen atoms in total. The lowest BCUT2D eigenvalue weighted by Crippen LogP contribution is -2.54. The lowest BCUT2D eigenvalue weighted by atomic mass is 10.0. The Balaban J connectivity index is 0.000000707. The molecule has 0 saturated carbocycles. The molecule has 1 N–H and O–H groups in total. The molecule has 29 heavy (non-hydrogen) atoms. The Kier molecular flexibility index (Phi) is 10.3. The molecule has 0 bridgehead atoms. The van der Waals surface area contributed by atoms with Crippen LogP contribution in [0.1, 0.15) is 57.8 Å². The minimum absolute atomic E-state index is 0.0373. The molecule has 0 aliphatic carbocycles. The van der Waals surface area contributed by atoms with E-state index in [-0.39, 0.29) is 24.9 Å². The van der Waals surface area contributed by atoms with Gasteiger partial charge < -0.3 is 24.1 Å². The molecule has 2 aliphatic heterocycles. The van der Waals surface area contributed by atoms with Gasteiger partial charge in [-0.05, 0) is 6.42 Å². The van der Waals surface area contributed by atoms with Crippen LogP contribution in [0.25, 0.3) is 0 Å². The molecule has 4 rings (SSSR count). The fourth-order valence-corrected chi connectivity index (χ4v) is 3.33. The standard InChI is InChI=1S/C20H22O5.2C2H6/c21-12-11-16-18-17(24-20(23-16)15-9-5-2-6-10-15)13-22-19(25-18)14-7-3-1-4-8-14;2*1-2/h1-10,16-21H,11-13H2;2*1-2H3. The summed E-state index contributed by atoms with van der Waals surface area (Å²) in [4.78, 5) is 0. The molecule has 2 fully saturated rings. The largest absolute Gasteiger partial charge is 0.396 e. The number of ether oxygens (including phenoxy) is 4. The Morgan fingerprint density at radius 1 is 0.759 bits per heavy atom. The van der Waals surface area contributed by atoms with E-state index in [1.807, 2.05) is 88.4 Å². The van der Waals surface area contributed by atoms with Crippen molar-refractivity contribution in [2.75, 3.05) is 13.2 Å². The molecular formula is C24H34O5. The monoisotopic (exact) mass is 402 g/mol. The van der Waals surface area contributed by atoms with Gasteiger partial charge in [-0.15, -0.1) is 0 Å². The first-order valence-electron chi connectivity index (χ1n) is 10.6. The molecule has 5 unspecified atom stereocenters. The number of fused-ring (bicyclic) bond motifs is 1. The van der Waals surface area contributed by atoms with E-state index < -0.39 is 12.6 Å². The van der Waals surface area contributed by atoms with Gasteiger partial charge in [-0.3, -0.25) is 0 Å². The van der Waals surface area contributed by atoms with E-state index in [9.17, 15) is 5.11 Å². The van der Waals surface area contributed by atoms with E-state index in [1.165, 1.54) is 0 Å². The van der Waals surface area contributed by atoms with Crippen LogP contribution in [0.15, 0.2) is 60.7 Å². The van der Waals surface area contributed by atoms with Gasteiger partial charge in [0, 0.05) is 17.7 Å². The highest BCUT2D eigenvalue weighted by molar-refractivity contribution is 5.18. The first kappa shape index (κ1) is 23.5. The van der Waals surface area contributed by atoms with E-state index in [4.69, 9.17) is 18.9 Å². The van der Waals surface area contributed by atoms with Crippen LogP contribution in [-0.4, -0.2) is 36.6 Å². The summed E-state index contributed by atoms with van der Waals surface area (Å²) in [5.41, 5.74) is 1.92. The van der Waals surface area contributed by atoms with E-state index in [0.29, 0.717) is 13.0 Å². The molecule has 2 heterocycles. The molecule has 2 aliphatic rings. The summed E-state index contributed by atoms with van der Waals surface area (Å²) < 4.78 is 24.2. The average molecular weight is 403 g/mol. The molecule has 5 heteroatoms. The van der Waals surface area contributed by atoms with Gasteiger partial charge in [0.25, 0.3) is 0 Å². The second-order valence-electron chi connectivity index (χ2n) is 6.28.